The van der Waals surface area contributed by atoms with E-state index in [1.54, 1.807) is 0 Å². The number of nitrogens with one attached hydrogen (secondary N) is 1. The Kier molecular flexibility index (Phi) is 1.29. The van der Waals surface area contributed by atoms with Crippen LogP contribution in [0.25, 0.3) is 0 Å². The molecule has 0 amide bonds. The van der Waals surface area contributed by atoms with Gasteiger partial charge in [0.25, 0.3) is 0 Å². The zero-order chi connectivity index (χ0) is 7.26. The van der Waals surface area contributed by atoms with Crippen LogP contribution in [-0.4, -0.2) is 36.6 Å². The van der Waals surface area contributed by atoms with Gasteiger partial charge in [-0.25, -0.2) is 0 Å². The van der Waals surface area contributed by atoms with Crippen molar-refractivity contribution in [2.75, 3.05) is 19.6 Å². The van der Waals surface area contributed by atoms with Gasteiger partial charge >= 0.3 is 0 Å². The molecule has 0 aromatic rings. The highest BCUT2D eigenvalue weighted by atomic mass is 15.3. The minimum Gasteiger partial charge on any atom is -0.311 e. The van der Waals surface area contributed by atoms with Crippen molar-refractivity contribution in [1.82, 2.24) is 10.2 Å². The van der Waals surface area contributed by atoms with Gasteiger partial charge < -0.3 is 5.32 Å². The highest BCUT2D eigenvalue weighted by molar-refractivity contribution is 4.98. The van der Waals surface area contributed by atoms with Gasteiger partial charge in [-0.05, 0) is 25.2 Å². The van der Waals surface area contributed by atoms with Gasteiger partial charge in [0.1, 0.15) is 0 Å². The van der Waals surface area contributed by atoms with Crippen molar-refractivity contribution in [2.45, 2.75) is 31.3 Å². The largest absolute Gasteiger partial charge is 0.311 e. The topological polar surface area (TPSA) is 15.3 Å². The molecule has 2 atom stereocenters. The van der Waals surface area contributed by atoms with E-state index in [-0.39, 0.29) is 0 Å². The monoisotopic (exact) mass is 152 g/mol. The van der Waals surface area contributed by atoms with E-state index in [1.165, 1.54) is 38.9 Å². The molecule has 2 saturated heterocycles. The molecule has 0 aromatic heterocycles. The van der Waals surface area contributed by atoms with E-state index in [9.17, 15) is 0 Å². The van der Waals surface area contributed by atoms with Crippen LogP contribution in [0.5, 0.6) is 0 Å². The predicted molar refractivity (Wildman–Crippen MR) is 44.5 cm³/mol. The second kappa shape index (κ2) is 2.20. The molecule has 2 nitrogen and oxygen atoms in total. The zero-order valence-corrected chi connectivity index (χ0v) is 6.92. The molecule has 1 aliphatic carbocycles. The lowest BCUT2D eigenvalue weighted by molar-refractivity contribution is 0.217. The molecule has 3 rings (SSSR count). The van der Waals surface area contributed by atoms with Crippen molar-refractivity contribution in [1.29, 1.82) is 0 Å². The first-order valence-corrected chi connectivity index (χ1v) is 4.89. The number of piperazine rings is 1. The summed E-state index contributed by atoms with van der Waals surface area (Å²) in [5, 5.41) is 3.54. The first-order chi connectivity index (χ1) is 5.42. The molecule has 0 spiro atoms. The van der Waals surface area contributed by atoms with E-state index in [2.05, 4.69) is 10.2 Å². The van der Waals surface area contributed by atoms with Crippen molar-refractivity contribution in [2.24, 2.45) is 5.92 Å². The van der Waals surface area contributed by atoms with Crippen molar-refractivity contribution < 1.29 is 0 Å². The van der Waals surface area contributed by atoms with Gasteiger partial charge in [-0.15, -0.1) is 0 Å². The third kappa shape index (κ3) is 1.09. The van der Waals surface area contributed by atoms with E-state index in [1.807, 2.05) is 0 Å². The van der Waals surface area contributed by atoms with Gasteiger partial charge in [0.15, 0.2) is 0 Å². The summed E-state index contributed by atoms with van der Waals surface area (Å²) >= 11 is 0. The average molecular weight is 152 g/mol. The molecular formula is C9H16N2. The van der Waals surface area contributed by atoms with Crippen LogP contribution in [-0.2, 0) is 0 Å². The number of hydrogen-bond donors (Lipinski definition) is 1. The molecule has 62 valence electrons. The maximum Gasteiger partial charge on any atom is 0.0236 e. The highest BCUT2D eigenvalue weighted by Gasteiger charge is 2.39. The smallest absolute Gasteiger partial charge is 0.0236 e. The number of rotatable bonds is 2. The molecule has 1 N–H and O–H groups in total. The molecule has 2 heteroatoms. The summed E-state index contributed by atoms with van der Waals surface area (Å²) in [6.07, 6.45) is 4.43. The van der Waals surface area contributed by atoms with E-state index in [0.717, 1.165) is 18.0 Å². The Morgan fingerprint density at radius 3 is 2.82 bits per heavy atom. The Hall–Kier alpha value is -0.0800. The number of hydrogen-bond acceptors (Lipinski definition) is 2. The molecule has 0 radical (unpaired) electrons. The first kappa shape index (κ1) is 6.44. The summed E-state index contributed by atoms with van der Waals surface area (Å²) in [5.41, 5.74) is 0. The summed E-state index contributed by atoms with van der Waals surface area (Å²) in [4.78, 5) is 2.71. The van der Waals surface area contributed by atoms with Crippen LogP contribution in [0, 0.1) is 5.92 Å². The standard InChI is InChI=1S/C9H16N2/c1-2-7(1)5-11-6-8-3-9(11)4-10-8/h7-10H,1-6H2. The van der Waals surface area contributed by atoms with Crippen LogP contribution in [0.15, 0.2) is 0 Å². The fourth-order valence-electron chi connectivity index (χ4n) is 2.50. The minimum absolute atomic E-state index is 0.846. The molecule has 2 bridgehead atoms. The number of likely N-dealkylation sites (tertiary alicyclic amines) is 1. The number of nitrogens with zero attached hydrogens (tertiary/aromatic N) is 1. The third-order valence-corrected chi connectivity index (χ3v) is 3.36. The van der Waals surface area contributed by atoms with Crippen molar-refractivity contribution >= 4 is 0 Å². The van der Waals surface area contributed by atoms with E-state index < -0.39 is 0 Å². The Morgan fingerprint density at radius 1 is 1.36 bits per heavy atom. The van der Waals surface area contributed by atoms with Gasteiger partial charge in [-0.1, -0.05) is 0 Å². The quantitative estimate of drug-likeness (QED) is 0.618. The summed E-state index contributed by atoms with van der Waals surface area (Å²) in [6.45, 7) is 4.00. The third-order valence-electron chi connectivity index (χ3n) is 3.36. The average Bonchev–Trinajstić information content (AvgIpc) is 2.61. The molecule has 3 aliphatic rings. The Labute approximate surface area is 68.0 Å². The minimum atomic E-state index is 0.846. The van der Waals surface area contributed by atoms with Crippen LogP contribution >= 0.6 is 0 Å². The molecule has 2 heterocycles. The maximum absolute atomic E-state index is 3.54. The van der Waals surface area contributed by atoms with Crippen molar-refractivity contribution in [3.05, 3.63) is 0 Å². The fraction of sp³-hybridized carbons (Fsp3) is 1.00. The maximum atomic E-state index is 3.54. The Morgan fingerprint density at radius 2 is 2.27 bits per heavy atom. The lowest BCUT2D eigenvalue weighted by Gasteiger charge is -2.26. The van der Waals surface area contributed by atoms with Gasteiger partial charge in [-0.2, -0.15) is 0 Å². The zero-order valence-electron chi connectivity index (χ0n) is 6.92. The fourth-order valence-corrected chi connectivity index (χ4v) is 2.50. The summed E-state index contributed by atoms with van der Waals surface area (Å²) in [6, 6.07) is 1.75. The molecule has 1 saturated carbocycles. The van der Waals surface area contributed by atoms with Crippen molar-refractivity contribution in [3.8, 4) is 0 Å². The predicted octanol–water partition coefficient (Wildman–Crippen LogP) is 0.442. The van der Waals surface area contributed by atoms with E-state index in [0.29, 0.717) is 0 Å². The van der Waals surface area contributed by atoms with Gasteiger partial charge in [0, 0.05) is 31.7 Å². The van der Waals surface area contributed by atoms with Gasteiger partial charge in [0.05, 0.1) is 0 Å². The highest BCUT2D eigenvalue weighted by Crippen LogP contribution is 2.33. The second-order valence-corrected chi connectivity index (χ2v) is 4.39. The summed E-state index contributed by atoms with van der Waals surface area (Å²) in [7, 11) is 0. The Balaban J connectivity index is 1.62. The van der Waals surface area contributed by atoms with Crippen LogP contribution in [0.4, 0.5) is 0 Å². The molecule has 0 aromatic carbocycles. The van der Waals surface area contributed by atoms with Crippen LogP contribution in [0.1, 0.15) is 19.3 Å². The lowest BCUT2D eigenvalue weighted by atomic mass is 10.2. The molecule has 2 aliphatic heterocycles. The van der Waals surface area contributed by atoms with E-state index >= 15 is 0 Å². The summed E-state index contributed by atoms with van der Waals surface area (Å²) in [5.74, 6) is 1.08. The molecule has 2 unspecified atom stereocenters. The van der Waals surface area contributed by atoms with Gasteiger partial charge in [0.2, 0.25) is 0 Å². The molecule has 11 heavy (non-hydrogen) atoms. The van der Waals surface area contributed by atoms with Crippen LogP contribution in [0.2, 0.25) is 0 Å². The van der Waals surface area contributed by atoms with Crippen LogP contribution in [0.3, 0.4) is 0 Å². The second-order valence-electron chi connectivity index (χ2n) is 4.39. The molecular weight excluding hydrogens is 136 g/mol. The lowest BCUT2D eigenvalue weighted by Crippen LogP contribution is -2.44. The Bertz CT molecular complexity index is 165. The summed E-state index contributed by atoms with van der Waals surface area (Å²) < 4.78 is 0. The van der Waals surface area contributed by atoms with Crippen LogP contribution < -0.4 is 5.32 Å². The molecule has 3 fully saturated rings. The number of fused-ring (bicyclic) bond motifs is 2. The van der Waals surface area contributed by atoms with Gasteiger partial charge in [-0.3, -0.25) is 4.90 Å². The van der Waals surface area contributed by atoms with E-state index in [4.69, 9.17) is 0 Å². The first-order valence-electron chi connectivity index (χ1n) is 4.89. The van der Waals surface area contributed by atoms with Crippen molar-refractivity contribution in [3.63, 3.8) is 0 Å². The SMILES string of the molecule is C1CC1CN1CC2CC1CN2. The normalized spacial score (nSPS) is 43.6.